The molecule has 0 spiro atoms. The molecule has 1 aromatic carbocycles. The van der Waals surface area contributed by atoms with Gasteiger partial charge in [-0.3, -0.25) is 4.79 Å². The molecule has 18 heavy (non-hydrogen) atoms. The Bertz CT molecular complexity index is 445. The lowest BCUT2D eigenvalue weighted by Gasteiger charge is -2.16. The summed E-state index contributed by atoms with van der Waals surface area (Å²) >= 11 is 0. The summed E-state index contributed by atoms with van der Waals surface area (Å²) in [6.45, 7) is 5.15. The fourth-order valence-corrected chi connectivity index (χ4v) is 2.17. The van der Waals surface area contributed by atoms with E-state index in [4.69, 9.17) is 10.5 Å². The number of carbonyl (C=O) groups is 1. The van der Waals surface area contributed by atoms with Gasteiger partial charge >= 0.3 is 0 Å². The van der Waals surface area contributed by atoms with Crippen molar-refractivity contribution in [1.82, 2.24) is 0 Å². The van der Waals surface area contributed by atoms with Crippen molar-refractivity contribution in [1.29, 1.82) is 0 Å². The molecule has 1 amide bonds. The molecule has 1 aromatic rings. The minimum Gasteiger partial charge on any atom is -0.368 e. The van der Waals surface area contributed by atoms with E-state index in [0.717, 1.165) is 23.2 Å². The van der Waals surface area contributed by atoms with E-state index in [-0.39, 0.29) is 17.9 Å². The second-order valence-electron chi connectivity index (χ2n) is 4.90. The van der Waals surface area contributed by atoms with Gasteiger partial charge in [-0.05, 0) is 36.5 Å². The van der Waals surface area contributed by atoms with Gasteiger partial charge in [0, 0.05) is 18.8 Å². The van der Waals surface area contributed by atoms with Crippen molar-refractivity contribution in [2.75, 3.05) is 11.9 Å². The van der Waals surface area contributed by atoms with Gasteiger partial charge in [0.2, 0.25) is 0 Å². The zero-order valence-electron chi connectivity index (χ0n) is 10.9. The average molecular weight is 248 g/mol. The third kappa shape index (κ3) is 2.71. The van der Waals surface area contributed by atoms with Crippen LogP contribution < -0.4 is 11.1 Å². The van der Waals surface area contributed by atoms with Crippen molar-refractivity contribution in [3.05, 3.63) is 29.3 Å². The molecule has 2 unspecified atom stereocenters. The minimum atomic E-state index is -0.328. The van der Waals surface area contributed by atoms with E-state index in [1.54, 1.807) is 0 Å². The van der Waals surface area contributed by atoms with Crippen LogP contribution in [0.3, 0.4) is 0 Å². The highest BCUT2D eigenvalue weighted by Gasteiger charge is 2.30. The predicted molar refractivity (Wildman–Crippen MR) is 71.2 cm³/mol. The first-order valence-corrected chi connectivity index (χ1v) is 6.34. The SMILES string of the molecule is Cc1ccc(CN)cc1NC(=O)C1OCCC1C. The zero-order valence-corrected chi connectivity index (χ0v) is 10.9. The van der Waals surface area contributed by atoms with E-state index in [9.17, 15) is 4.79 Å². The third-order valence-corrected chi connectivity index (χ3v) is 3.44. The van der Waals surface area contributed by atoms with Crippen LogP contribution in [0.1, 0.15) is 24.5 Å². The molecule has 0 aliphatic carbocycles. The summed E-state index contributed by atoms with van der Waals surface area (Å²) in [6, 6.07) is 5.86. The largest absolute Gasteiger partial charge is 0.368 e. The number of hydrogen-bond donors (Lipinski definition) is 2. The Kier molecular flexibility index (Phi) is 3.99. The third-order valence-electron chi connectivity index (χ3n) is 3.44. The van der Waals surface area contributed by atoms with Crippen molar-refractivity contribution in [2.24, 2.45) is 11.7 Å². The van der Waals surface area contributed by atoms with Crippen LogP contribution in [0.5, 0.6) is 0 Å². The molecule has 0 radical (unpaired) electrons. The predicted octanol–water partition coefficient (Wildman–Crippen LogP) is 1.82. The van der Waals surface area contributed by atoms with Crippen molar-refractivity contribution in [2.45, 2.75) is 32.9 Å². The van der Waals surface area contributed by atoms with Crippen molar-refractivity contribution >= 4 is 11.6 Å². The van der Waals surface area contributed by atoms with Gasteiger partial charge in [-0.15, -0.1) is 0 Å². The maximum atomic E-state index is 12.1. The molecule has 1 saturated heterocycles. The number of nitrogens with two attached hydrogens (primary N) is 1. The molecule has 1 fully saturated rings. The van der Waals surface area contributed by atoms with Gasteiger partial charge in [0.1, 0.15) is 6.10 Å². The molecule has 3 N–H and O–H groups in total. The topological polar surface area (TPSA) is 64.3 Å². The van der Waals surface area contributed by atoms with Crippen LogP contribution in [0.2, 0.25) is 0 Å². The van der Waals surface area contributed by atoms with Gasteiger partial charge in [-0.1, -0.05) is 19.1 Å². The molecule has 0 bridgehead atoms. The number of anilines is 1. The Balaban J connectivity index is 2.11. The van der Waals surface area contributed by atoms with Crippen molar-refractivity contribution < 1.29 is 9.53 Å². The molecule has 0 saturated carbocycles. The highest BCUT2D eigenvalue weighted by molar-refractivity contribution is 5.95. The van der Waals surface area contributed by atoms with Gasteiger partial charge in [0.15, 0.2) is 0 Å². The Labute approximate surface area is 108 Å². The highest BCUT2D eigenvalue weighted by Crippen LogP contribution is 2.23. The second-order valence-corrected chi connectivity index (χ2v) is 4.90. The number of benzene rings is 1. The first kappa shape index (κ1) is 13.1. The van der Waals surface area contributed by atoms with Gasteiger partial charge in [-0.2, -0.15) is 0 Å². The van der Waals surface area contributed by atoms with Gasteiger partial charge in [0.25, 0.3) is 5.91 Å². The van der Waals surface area contributed by atoms with Crippen molar-refractivity contribution in [3.63, 3.8) is 0 Å². The Morgan fingerprint density at radius 1 is 1.56 bits per heavy atom. The summed E-state index contributed by atoms with van der Waals surface area (Å²) < 4.78 is 5.46. The summed E-state index contributed by atoms with van der Waals surface area (Å²) in [5.74, 6) is 0.222. The van der Waals surface area contributed by atoms with Crippen molar-refractivity contribution in [3.8, 4) is 0 Å². The molecule has 0 aromatic heterocycles. The van der Waals surface area contributed by atoms with Gasteiger partial charge < -0.3 is 15.8 Å². The van der Waals surface area contributed by atoms with Crippen LogP contribution in [0.4, 0.5) is 5.69 Å². The standard InChI is InChI=1S/C14H20N2O2/c1-9-3-4-11(8-15)7-12(9)16-14(17)13-10(2)5-6-18-13/h3-4,7,10,13H,5-6,8,15H2,1-2H3,(H,16,17). The Morgan fingerprint density at radius 2 is 2.33 bits per heavy atom. The fraction of sp³-hybridized carbons (Fsp3) is 0.500. The van der Waals surface area contributed by atoms with E-state index in [1.807, 2.05) is 32.0 Å². The van der Waals surface area contributed by atoms with E-state index in [2.05, 4.69) is 5.32 Å². The number of carbonyl (C=O) groups excluding carboxylic acids is 1. The molecule has 2 atom stereocenters. The van der Waals surface area contributed by atoms with Gasteiger partial charge in [0.05, 0.1) is 0 Å². The van der Waals surface area contributed by atoms with E-state index >= 15 is 0 Å². The minimum absolute atomic E-state index is 0.0581. The van der Waals surface area contributed by atoms with E-state index in [1.165, 1.54) is 0 Å². The lowest BCUT2D eigenvalue weighted by atomic mass is 10.0. The molecule has 98 valence electrons. The number of amides is 1. The van der Waals surface area contributed by atoms with Crippen LogP contribution in [-0.4, -0.2) is 18.6 Å². The first-order valence-electron chi connectivity index (χ1n) is 6.34. The summed E-state index contributed by atoms with van der Waals surface area (Å²) in [5.41, 5.74) is 8.48. The summed E-state index contributed by atoms with van der Waals surface area (Å²) in [5, 5.41) is 2.94. The summed E-state index contributed by atoms with van der Waals surface area (Å²) in [4.78, 5) is 12.1. The molecule has 1 heterocycles. The monoisotopic (exact) mass is 248 g/mol. The number of hydrogen-bond acceptors (Lipinski definition) is 3. The number of ether oxygens (including phenoxy) is 1. The maximum Gasteiger partial charge on any atom is 0.253 e. The smallest absolute Gasteiger partial charge is 0.253 e. The van der Waals surface area contributed by atoms with Gasteiger partial charge in [-0.25, -0.2) is 0 Å². The number of rotatable bonds is 3. The first-order chi connectivity index (χ1) is 8.61. The lowest BCUT2D eigenvalue weighted by molar-refractivity contribution is -0.126. The zero-order chi connectivity index (χ0) is 13.1. The quantitative estimate of drug-likeness (QED) is 0.857. The van der Waals surface area contributed by atoms with Crippen LogP contribution in [0, 0.1) is 12.8 Å². The second kappa shape index (κ2) is 5.50. The molecule has 1 aliphatic rings. The average Bonchev–Trinajstić information content (AvgIpc) is 2.78. The fourth-order valence-electron chi connectivity index (χ4n) is 2.17. The molecular formula is C14H20N2O2. The molecule has 4 heteroatoms. The molecule has 4 nitrogen and oxygen atoms in total. The number of nitrogens with one attached hydrogen (secondary N) is 1. The van der Waals surface area contributed by atoms with Crippen LogP contribution >= 0.6 is 0 Å². The molecule has 2 rings (SSSR count). The molecular weight excluding hydrogens is 228 g/mol. The highest BCUT2D eigenvalue weighted by atomic mass is 16.5. The normalized spacial score (nSPS) is 23.1. The van der Waals surface area contributed by atoms with Crippen LogP contribution in [0.25, 0.3) is 0 Å². The van der Waals surface area contributed by atoms with Crippen LogP contribution in [0.15, 0.2) is 18.2 Å². The van der Waals surface area contributed by atoms with Crippen LogP contribution in [-0.2, 0) is 16.1 Å². The lowest BCUT2D eigenvalue weighted by Crippen LogP contribution is -2.31. The van der Waals surface area contributed by atoms with E-state index in [0.29, 0.717) is 13.2 Å². The maximum absolute atomic E-state index is 12.1. The Hall–Kier alpha value is -1.39. The van der Waals surface area contributed by atoms with E-state index < -0.39 is 0 Å². The molecule has 1 aliphatic heterocycles. The summed E-state index contributed by atoms with van der Waals surface area (Å²) in [7, 11) is 0. The number of aryl methyl sites for hydroxylation is 1. The summed E-state index contributed by atoms with van der Waals surface area (Å²) in [6.07, 6.45) is 0.617. The Morgan fingerprint density at radius 3 is 2.94 bits per heavy atom.